The Morgan fingerprint density at radius 3 is 2.25 bits per heavy atom. The first-order valence-corrected chi connectivity index (χ1v) is 6.55. The maximum atomic E-state index is 7.31. The SMILES string of the molecule is Cl.Cl.N=C(N)c1ccc(OCCN2CCCCC2)cc1. The second-order valence-electron chi connectivity index (χ2n) is 4.69. The first-order chi connectivity index (χ1) is 8.75. The fraction of sp³-hybridized carbons (Fsp3) is 0.500. The van der Waals surface area contributed by atoms with E-state index in [1.54, 1.807) is 0 Å². The monoisotopic (exact) mass is 319 g/mol. The van der Waals surface area contributed by atoms with Gasteiger partial charge in [-0.1, -0.05) is 6.42 Å². The van der Waals surface area contributed by atoms with E-state index in [4.69, 9.17) is 15.9 Å². The van der Waals surface area contributed by atoms with Crippen LogP contribution in [0.3, 0.4) is 0 Å². The Morgan fingerprint density at radius 2 is 1.70 bits per heavy atom. The first kappa shape index (κ1) is 19.0. The average Bonchev–Trinajstić information content (AvgIpc) is 2.40. The highest BCUT2D eigenvalue weighted by atomic mass is 35.5. The maximum Gasteiger partial charge on any atom is 0.122 e. The van der Waals surface area contributed by atoms with E-state index in [1.807, 2.05) is 24.3 Å². The van der Waals surface area contributed by atoms with Crippen molar-refractivity contribution < 1.29 is 4.74 Å². The summed E-state index contributed by atoms with van der Waals surface area (Å²) in [5, 5.41) is 7.31. The summed E-state index contributed by atoms with van der Waals surface area (Å²) in [6, 6.07) is 7.37. The van der Waals surface area contributed by atoms with Crippen molar-refractivity contribution in [1.82, 2.24) is 4.90 Å². The van der Waals surface area contributed by atoms with Crippen LogP contribution in [-0.4, -0.2) is 37.0 Å². The Hall–Kier alpha value is -0.970. The van der Waals surface area contributed by atoms with E-state index >= 15 is 0 Å². The van der Waals surface area contributed by atoms with Crippen molar-refractivity contribution in [2.24, 2.45) is 5.73 Å². The van der Waals surface area contributed by atoms with Crippen molar-refractivity contribution in [3.05, 3.63) is 29.8 Å². The van der Waals surface area contributed by atoms with E-state index in [0.29, 0.717) is 0 Å². The summed E-state index contributed by atoms with van der Waals surface area (Å²) in [6.07, 6.45) is 3.99. The number of hydrogen-bond acceptors (Lipinski definition) is 3. The average molecular weight is 320 g/mol. The number of amidine groups is 1. The van der Waals surface area contributed by atoms with E-state index in [2.05, 4.69) is 4.90 Å². The van der Waals surface area contributed by atoms with Crippen LogP contribution >= 0.6 is 24.8 Å². The third kappa shape index (κ3) is 5.99. The Bertz CT molecular complexity index is 392. The van der Waals surface area contributed by atoms with Crippen molar-refractivity contribution in [3.63, 3.8) is 0 Å². The number of nitrogens with zero attached hydrogens (tertiary/aromatic N) is 1. The van der Waals surface area contributed by atoms with Crippen molar-refractivity contribution in [2.75, 3.05) is 26.2 Å². The number of rotatable bonds is 5. The summed E-state index contributed by atoms with van der Waals surface area (Å²) < 4.78 is 5.69. The molecule has 20 heavy (non-hydrogen) atoms. The lowest BCUT2D eigenvalue weighted by atomic mass is 10.1. The van der Waals surface area contributed by atoms with Gasteiger partial charge in [-0.15, -0.1) is 24.8 Å². The topological polar surface area (TPSA) is 62.3 Å². The molecule has 0 atom stereocenters. The van der Waals surface area contributed by atoms with Crippen LogP contribution in [0, 0.1) is 5.41 Å². The zero-order chi connectivity index (χ0) is 12.8. The number of nitrogen functional groups attached to an aromatic ring is 1. The van der Waals surface area contributed by atoms with Crippen LogP contribution in [0.15, 0.2) is 24.3 Å². The second kappa shape index (κ2) is 9.86. The molecular formula is C14H23Cl2N3O. The van der Waals surface area contributed by atoms with Gasteiger partial charge < -0.3 is 10.5 Å². The van der Waals surface area contributed by atoms with Crippen LogP contribution in [0.1, 0.15) is 24.8 Å². The van der Waals surface area contributed by atoms with E-state index < -0.39 is 0 Å². The van der Waals surface area contributed by atoms with Gasteiger partial charge in [0.1, 0.15) is 18.2 Å². The second-order valence-corrected chi connectivity index (χ2v) is 4.69. The standard InChI is InChI=1S/C14H21N3O.2ClH/c15-14(16)12-4-6-13(7-5-12)18-11-10-17-8-2-1-3-9-17;;/h4-7H,1-3,8-11H2,(H3,15,16);2*1H. The predicted octanol–water partition coefficient (Wildman–Crippen LogP) is 2.68. The van der Waals surface area contributed by atoms with Crippen molar-refractivity contribution in [3.8, 4) is 5.75 Å². The first-order valence-electron chi connectivity index (χ1n) is 6.55. The third-order valence-electron chi connectivity index (χ3n) is 3.29. The van der Waals surface area contributed by atoms with Crippen LogP contribution in [0.4, 0.5) is 0 Å². The van der Waals surface area contributed by atoms with Gasteiger partial charge in [-0.3, -0.25) is 10.3 Å². The highest BCUT2D eigenvalue weighted by Gasteiger charge is 2.09. The van der Waals surface area contributed by atoms with Gasteiger partial charge in [0, 0.05) is 12.1 Å². The molecule has 1 saturated heterocycles. The highest BCUT2D eigenvalue weighted by Crippen LogP contribution is 2.12. The van der Waals surface area contributed by atoms with E-state index in [1.165, 1.54) is 32.4 Å². The largest absolute Gasteiger partial charge is 0.492 e. The normalized spacial score (nSPS) is 14.8. The number of hydrogen-bond donors (Lipinski definition) is 2. The molecule has 3 N–H and O–H groups in total. The number of halogens is 2. The molecule has 0 amide bonds. The molecule has 1 fully saturated rings. The minimum atomic E-state index is 0. The van der Waals surface area contributed by atoms with Crippen LogP contribution in [0.5, 0.6) is 5.75 Å². The summed E-state index contributed by atoms with van der Waals surface area (Å²) in [6.45, 7) is 4.12. The van der Waals surface area contributed by atoms with Crippen molar-refractivity contribution in [2.45, 2.75) is 19.3 Å². The summed E-state index contributed by atoms with van der Waals surface area (Å²) in [5.74, 6) is 0.937. The van der Waals surface area contributed by atoms with E-state index in [9.17, 15) is 0 Å². The van der Waals surface area contributed by atoms with Crippen molar-refractivity contribution >= 4 is 30.6 Å². The van der Waals surface area contributed by atoms with Gasteiger partial charge in [0.2, 0.25) is 0 Å². The molecule has 1 aliphatic heterocycles. The van der Waals surface area contributed by atoms with Gasteiger partial charge in [0.15, 0.2) is 0 Å². The smallest absolute Gasteiger partial charge is 0.122 e. The zero-order valence-electron chi connectivity index (χ0n) is 11.5. The number of benzene rings is 1. The number of nitrogens with one attached hydrogen (secondary N) is 1. The molecule has 0 bridgehead atoms. The Morgan fingerprint density at radius 1 is 1.10 bits per heavy atom. The van der Waals surface area contributed by atoms with Gasteiger partial charge in [0.05, 0.1) is 0 Å². The summed E-state index contributed by atoms with van der Waals surface area (Å²) in [4.78, 5) is 2.45. The molecule has 0 aromatic heterocycles. The fourth-order valence-corrected chi connectivity index (χ4v) is 2.21. The molecule has 2 rings (SSSR count). The lowest BCUT2D eigenvalue weighted by molar-refractivity contribution is 0.183. The number of nitrogens with two attached hydrogens (primary N) is 1. The quantitative estimate of drug-likeness (QED) is 0.648. The molecule has 1 aromatic carbocycles. The lowest BCUT2D eigenvalue weighted by Gasteiger charge is -2.26. The molecule has 0 radical (unpaired) electrons. The van der Waals surface area contributed by atoms with Gasteiger partial charge in [-0.2, -0.15) is 0 Å². The van der Waals surface area contributed by atoms with Crippen LogP contribution in [0.25, 0.3) is 0 Å². The number of likely N-dealkylation sites (tertiary alicyclic amines) is 1. The Balaban J connectivity index is 0.00000180. The molecule has 1 aliphatic rings. The van der Waals surface area contributed by atoms with Crippen molar-refractivity contribution in [1.29, 1.82) is 5.41 Å². The highest BCUT2D eigenvalue weighted by molar-refractivity contribution is 5.94. The van der Waals surface area contributed by atoms with Gasteiger partial charge in [-0.05, 0) is 50.2 Å². The number of piperidine rings is 1. The van der Waals surface area contributed by atoms with E-state index in [0.717, 1.165) is 24.5 Å². The fourth-order valence-electron chi connectivity index (χ4n) is 2.21. The van der Waals surface area contributed by atoms with E-state index in [-0.39, 0.29) is 30.6 Å². The molecule has 0 unspecified atom stereocenters. The number of ether oxygens (including phenoxy) is 1. The molecule has 6 heteroatoms. The Kier molecular flexibility index (Phi) is 9.38. The van der Waals surface area contributed by atoms with Gasteiger partial charge >= 0.3 is 0 Å². The van der Waals surface area contributed by atoms with Crippen LogP contribution in [-0.2, 0) is 0 Å². The van der Waals surface area contributed by atoms with Crippen LogP contribution < -0.4 is 10.5 Å². The molecular weight excluding hydrogens is 297 g/mol. The third-order valence-corrected chi connectivity index (χ3v) is 3.29. The molecule has 114 valence electrons. The Labute approximate surface area is 133 Å². The maximum absolute atomic E-state index is 7.31. The molecule has 1 heterocycles. The van der Waals surface area contributed by atoms with Crippen LogP contribution in [0.2, 0.25) is 0 Å². The summed E-state index contributed by atoms with van der Waals surface area (Å²) in [7, 11) is 0. The summed E-state index contributed by atoms with van der Waals surface area (Å²) in [5.41, 5.74) is 6.13. The molecule has 0 saturated carbocycles. The molecule has 0 spiro atoms. The lowest BCUT2D eigenvalue weighted by Crippen LogP contribution is -2.33. The zero-order valence-corrected chi connectivity index (χ0v) is 13.1. The molecule has 4 nitrogen and oxygen atoms in total. The molecule has 1 aromatic rings. The molecule has 0 aliphatic carbocycles. The minimum absolute atomic E-state index is 0. The summed E-state index contributed by atoms with van der Waals surface area (Å²) >= 11 is 0. The van der Waals surface area contributed by atoms with Gasteiger partial charge in [-0.25, -0.2) is 0 Å². The minimum Gasteiger partial charge on any atom is -0.492 e. The van der Waals surface area contributed by atoms with Gasteiger partial charge in [0.25, 0.3) is 0 Å². The predicted molar refractivity (Wildman–Crippen MR) is 87.7 cm³/mol.